The van der Waals surface area contributed by atoms with E-state index in [-0.39, 0.29) is 16.8 Å². The van der Waals surface area contributed by atoms with Crippen molar-refractivity contribution in [2.45, 2.75) is 56.5 Å². The second-order valence-electron chi connectivity index (χ2n) is 6.88. The van der Waals surface area contributed by atoms with Crippen LogP contribution in [0.1, 0.15) is 53.2 Å². The van der Waals surface area contributed by atoms with E-state index < -0.39 is 10.0 Å². The summed E-state index contributed by atoms with van der Waals surface area (Å²) in [5.74, 6) is -0.245. The molecular weight excluding hydrogens is 382 g/mol. The summed E-state index contributed by atoms with van der Waals surface area (Å²) in [5, 5.41) is 5.67. The van der Waals surface area contributed by atoms with Crippen LogP contribution in [0.15, 0.2) is 34.5 Å². The van der Waals surface area contributed by atoms with E-state index in [1.165, 1.54) is 34.2 Å². The Morgan fingerprint density at radius 2 is 1.89 bits per heavy atom. The molecule has 6 nitrogen and oxygen atoms in total. The maximum Gasteiger partial charge on any atom is 0.251 e. The number of amides is 1. The van der Waals surface area contributed by atoms with Crippen LogP contribution in [-0.4, -0.2) is 36.7 Å². The van der Waals surface area contributed by atoms with Gasteiger partial charge in [-0.05, 0) is 44.0 Å². The number of rotatable bonds is 6. The number of carbonyl (C=O) groups is 1. The average molecular weight is 408 g/mol. The minimum Gasteiger partial charge on any atom is -0.346 e. The van der Waals surface area contributed by atoms with Gasteiger partial charge in [-0.15, -0.1) is 11.3 Å². The summed E-state index contributed by atoms with van der Waals surface area (Å²) in [7, 11) is -1.89. The Morgan fingerprint density at radius 1 is 1.22 bits per heavy atom. The maximum atomic E-state index is 12.8. The molecule has 146 valence electrons. The molecule has 0 bridgehead atoms. The number of thiazole rings is 1. The van der Waals surface area contributed by atoms with Crippen molar-refractivity contribution in [3.63, 3.8) is 0 Å². The lowest BCUT2D eigenvalue weighted by Crippen LogP contribution is -2.38. The van der Waals surface area contributed by atoms with Gasteiger partial charge < -0.3 is 5.32 Å². The van der Waals surface area contributed by atoms with Crippen LogP contribution in [0.25, 0.3) is 0 Å². The fourth-order valence-corrected chi connectivity index (χ4v) is 5.38. The van der Waals surface area contributed by atoms with Gasteiger partial charge in [0.15, 0.2) is 0 Å². The number of hydrogen-bond donors (Lipinski definition) is 1. The highest BCUT2D eigenvalue weighted by Crippen LogP contribution is 2.26. The minimum absolute atomic E-state index is 0.0632. The fourth-order valence-electron chi connectivity index (χ4n) is 3.35. The molecule has 0 saturated heterocycles. The molecule has 1 N–H and O–H groups in total. The highest BCUT2D eigenvalue weighted by molar-refractivity contribution is 7.89. The van der Waals surface area contributed by atoms with Gasteiger partial charge in [-0.1, -0.05) is 19.3 Å². The SMILES string of the molecule is Cc1nc(CNC(=O)c2ccc(S(=O)(=O)N(C)C3CCCCC3)cc2)cs1. The van der Waals surface area contributed by atoms with Crippen molar-refractivity contribution in [1.29, 1.82) is 0 Å². The number of benzene rings is 1. The largest absolute Gasteiger partial charge is 0.346 e. The molecule has 1 amide bonds. The minimum atomic E-state index is -3.54. The number of carbonyl (C=O) groups excluding carboxylic acids is 1. The predicted octanol–water partition coefficient (Wildman–Crippen LogP) is 3.33. The second kappa shape index (κ2) is 8.50. The summed E-state index contributed by atoms with van der Waals surface area (Å²) < 4.78 is 27.2. The normalized spacial score (nSPS) is 15.8. The van der Waals surface area contributed by atoms with Crippen LogP contribution in [-0.2, 0) is 16.6 Å². The molecule has 0 radical (unpaired) electrons. The molecule has 1 heterocycles. The zero-order valence-electron chi connectivity index (χ0n) is 15.6. The molecule has 0 unspecified atom stereocenters. The van der Waals surface area contributed by atoms with Gasteiger partial charge in [0.25, 0.3) is 5.91 Å². The summed E-state index contributed by atoms with van der Waals surface area (Å²) >= 11 is 1.54. The van der Waals surface area contributed by atoms with Crippen LogP contribution in [0.3, 0.4) is 0 Å². The van der Waals surface area contributed by atoms with E-state index in [0.29, 0.717) is 12.1 Å². The topological polar surface area (TPSA) is 79.4 Å². The van der Waals surface area contributed by atoms with Crippen molar-refractivity contribution in [3.8, 4) is 0 Å². The van der Waals surface area contributed by atoms with Gasteiger partial charge in [-0.2, -0.15) is 4.31 Å². The molecule has 0 spiro atoms. The number of aromatic nitrogens is 1. The Kier molecular flexibility index (Phi) is 6.29. The smallest absolute Gasteiger partial charge is 0.251 e. The van der Waals surface area contributed by atoms with Gasteiger partial charge in [0.05, 0.1) is 22.1 Å². The van der Waals surface area contributed by atoms with Crippen molar-refractivity contribution in [1.82, 2.24) is 14.6 Å². The van der Waals surface area contributed by atoms with Crippen LogP contribution < -0.4 is 5.32 Å². The summed E-state index contributed by atoms with van der Waals surface area (Å²) in [6, 6.07) is 6.20. The maximum absolute atomic E-state index is 12.8. The van der Waals surface area contributed by atoms with E-state index in [1.807, 2.05) is 12.3 Å². The highest BCUT2D eigenvalue weighted by atomic mass is 32.2. The Hall–Kier alpha value is -1.77. The van der Waals surface area contributed by atoms with Crippen molar-refractivity contribution < 1.29 is 13.2 Å². The average Bonchev–Trinajstić information content (AvgIpc) is 3.11. The molecule has 1 saturated carbocycles. The Morgan fingerprint density at radius 3 is 2.48 bits per heavy atom. The van der Waals surface area contributed by atoms with Crippen LogP contribution in [0.4, 0.5) is 0 Å². The van der Waals surface area contributed by atoms with Crippen molar-refractivity contribution in [2.24, 2.45) is 0 Å². The molecule has 0 atom stereocenters. The Balaban J connectivity index is 1.65. The molecular formula is C19H25N3O3S2. The van der Waals surface area contributed by atoms with Crippen LogP contribution in [0, 0.1) is 6.92 Å². The highest BCUT2D eigenvalue weighted by Gasteiger charge is 2.29. The van der Waals surface area contributed by atoms with Crippen LogP contribution in [0.5, 0.6) is 0 Å². The first-order valence-electron chi connectivity index (χ1n) is 9.15. The number of sulfonamides is 1. The third kappa shape index (κ3) is 4.75. The standard InChI is InChI=1S/C19H25N3O3S2/c1-14-21-16(13-26-14)12-20-19(23)15-8-10-18(11-9-15)27(24,25)22(2)17-6-4-3-5-7-17/h8-11,13,17H,3-7,12H2,1-2H3,(H,20,23). The van der Waals surface area contributed by atoms with Gasteiger partial charge in [-0.25, -0.2) is 13.4 Å². The molecule has 1 aromatic carbocycles. The Labute approximate surface area is 164 Å². The van der Waals surface area contributed by atoms with E-state index in [2.05, 4.69) is 10.3 Å². The molecule has 1 aliphatic carbocycles. The lowest BCUT2D eigenvalue weighted by molar-refractivity contribution is 0.0950. The monoisotopic (exact) mass is 407 g/mol. The first-order valence-corrected chi connectivity index (χ1v) is 11.5. The van der Waals surface area contributed by atoms with Crippen molar-refractivity contribution in [3.05, 3.63) is 45.9 Å². The second-order valence-corrected chi connectivity index (χ2v) is 9.94. The molecule has 8 heteroatoms. The molecule has 0 aliphatic heterocycles. The molecule has 27 heavy (non-hydrogen) atoms. The number of hydrogen-bond acceptors (Lipinski definition) is 5. The quantitative estimate of drug-likeness (QED) is 0.796. The summed E-state index contributed by atoms with van der Waals surface area (Å²) in [5.41, 5.74) is 1.25. The summed E-state index contributed by atoms with van der Waals surface area (Å²) in [6.07, 6.45) is 5.14. The van der Waals surface area contributed by atoms with Gasteiger partial charge in [0.1, 0.15) is 0 Å². The molecule has 1 aromatic heterocycles. The van der Waals surface area contributed by atoms with Crippen molar-refractivity contribution >= 4 is 27.3 Å². The third-order valence-corrected chi connectivity index (χ3v) is 7.73. The van der Waals surface area contributed by atoms with E-state index in [9.17, 15) is 13.2 Å². The lowest BCUT2D eigenvalue weighted by atomic mass is 9.96. The van der Waals surface area contributed by atoms with Gasteiger partial charge in [-0.3, -0.25) is 4.79 Å². The lowest BCUT2D eigenvalue weighted by Gasteiger charge is -2.30. The van der Waals surface area contributed by atoms with Crippen molar-refractivity contribution in [2.75, 3.05) is 7.05 Å². The zero-order chi connectivity index (χ0) is 19.4. The first-order chi connectivity index (χ1) is 12.9. The van der Waals surface area contributed by atoms with Crippen LogP contribution in [0.2, 0.25) is 0 Å². The van der Waals surface area contributed by atoms with Crippen LogP contribution >= 0.6 is 11.3 Å². The van der Waals surface area contributed by atoms with E-state index in [4.69, 9.17) is 0 Å². The zero-order valence-corrected chi connectivity index (χ0v) is 17.3. The molecule has 1 aliphatic rings. The van der Waals surface area contributed by atoms with E-state index >= 15 is 0 Å². The molecule has 3 rings (SSSR count). The van der Waals surface area contributed by atoms with Gasteiger partial charge >= 0.3 is 0 Å². The van der Waals surface area contributed by atoms with E-state index in [1.54, 1.807) is 19.2 Å². The third-order valence-electron chi connectivity index (χ3n) is 4.98. The van der Waals surface area contributed by atoms with Gasteiger partial charge in [0, 0.05) is 24.0 Å². The van der Waals surface area contributed by atoms with E-state index in [0.717, 1.165) is 36.4 Å². The summed E-state index contributed by atoms with van der Waals surface area (Å²) in [4.78, 5) is 16.8. The fraction of sp³-hybridized carbons (Fsp3) is 0.474. The number of nitrogens with zero attached hydrogens (tertiary/aromatic N) is 2. The molecule has 2 aromatic rings. The summed E-state index contributed by atoms with van der Waals surface area (Å²) in [6.45, 7) is 2.27. The number of aryl methyl sites for hydroxylation is 1. The first kappa shape index (κ1) is 20.0. The van der Waals surface area contributed by atoms with Gasteiger partial charge in [0.2, 0.25) is 10.0 Å². The molecule has 1 fully saturated rings. The predicted molar refractivity (Wildman–Crippen MR) is 106 cm³/mol. The Bertz CT molecular complexity index is 885. The number of nitrogens with one attached hydrogen (secondary N) is 1.